The Morgan fingerprint density at radius 1 is 1.04 bits per heavy atom. The van der Waals surface area contributed by atoms with Crippen LogP contribution in [0.4, 0.5) is 0 Å². The average molecular weight is 428 g/mol. The van der Waals surface area contributed by atoms with Gasteiger partial charge in [-0.2, -0.15) is 4.31 Å². The molecule has 2 rings (SSSR count). The predicted octanol–water partition coefficient (Wildman–Crippen LogP) is 2.66. The maximum atomic E-state index is 12.6. The van der Waals surface area contributed by atoms with Crippen molar-refractivity contribution < 1.29 is 22.4 Å². The van der Waals surface area contributed by atoms with Gasteiger partial charge in [0.15, 0.2) is 0 Å². The third-order valence-electron chi connectivity index (χ3n) is 4.10. The molecule has 0 saturated heterocycles. The molecule has 0 atom stereocenters. The zero-order chi connectivity index (χ0) is 21.1. The highest BCUT2D eigenvalue weighted by Crippen LogP contribution is 2.23. The highest BCUT2D eigenvalue weighted by atomic mass is 35.5. The van der Waals surface area contributed by atoms with Crippen molar-refractivity contribution in [2.24, 2.45) is 0 Å². The number of hydrogen-bond acceptors (Lipinski definition) is 5. The Labute approximate surface area is 168 Å². The van der Waals surface area contributed by atoms with Gasteiger partial charge >= 0.3 is 0 Å². The van der Waals surface area contributed by atoms with E-state index in [1.165, 1.54) is 22.5 Å². The van der Waals surface area contributed by atoms with Crippen LogP contribution in [0.5, 0.6) is 0 Å². The Kier molecular flexibility index (Phi) is 6.87. The third-order valence-corrected chi connectivity index (χ3v) is 6.48. The van der Waals surface area contributed by atoms with Gasteiger partial charge in [-0.1, -0.05) is 25.4 Å². The molecule has 1 heterocycles. The summed E-state index contributed by atoms with van der Waals surface area (Å²) in [6, 6.07) is 5.40. The van der Waals surface area contributed by atoms with Crippen molar-refractivity contribution in [1.82, 2.24) is 15.2 Å². The fraction of sp³-hybridized carbons (Fsp3) is 0.333. The highest BCUT2D eigenvalue weighted by molar-refractivity contribution is 7.89. The number of hydrogen-bond donors (Lipinski definition) is 2. The van der Waals surface area contributed by atoms with E-state index in [-0.39, 0.29) is 21.0 Å². The summed E-state index contributed by atoms with van der Waals surface area (Å²) in [5.41, 5.74) is 4.71. The van der Waals surface area contributed by atoms with Crippen molar-refractivity contribution in [3.05, 3.63) is 51.9 Å². The number of rotatable bonds is 6. The summed E-state index contributed by atoms with van der Waals surface area (Å²) in [6.45, 7) is 7.36. The van der Waals surface area contributed by atoms with Gasteiger partial charge in [-0.25, -0.2) is 8.42 Å². The zero-order valence-corrected chi connectivity index (χ0v) is 17.6. The van der Waals surface area contributed by atoms with Crippen LogP contribution >= 0.6 is 11.6 Å². The van der Waals surface area contributed by atoms with Crippen LogP contribution in [0.25, 0.3) is 0 Å². The number of amides is 2. The van der Waals surface area contributed by atoms with E-state index in [0.717, 1.165) is 0 Å². The lowest BCUT2D eigenvalue weighted by Gasteiger charge is -2.19. The molecule has 0 aliphatic heterocycles. The van der Waals surface area contributed by atoms with Crippen molar-refractivity contribution in [2.75, 3.05) is 13.1 Å². The van der Waals surface area contributed by atoms with Gasteiger partial charge in [0.2, 0.25) is 10.0 Å². The number of nitrogens with one attached hydrogen (secondary N) is 2. The van der Waals surface area contributed by atoms with Gasteiger partial charge in [-0.05, 0) is 38.1 Å². The molecule has 0 radical (unpaired) electrons. The predicted molar refractivity (Wildman–Crippen MR) is 105 cm³/mol. The van der Waals surface area contributed by atoms with E-state index in [0.29, 0.717) is 24.6 Å². The van der Waals surface area contributed by atoms with Crippen molar-refractivity contribution in [3.63, 3.8) is 0 Å². The number of carbonyl (C=O) groups is 2. The van der Waals surface area contributed by atoms with Crippen LogP contribution in [0.3, 0.4) is 0 Å². The quantitative estimate of drug-likeness (QED) is 0.689. The van der Waals surface area contributed by atoms with Crippen LogP contribution < -0.4 is 10.9 Å². The molecule has 8 nitrogen and oxygen atoms in total. The summed E-state index contributed by atoms with van der Waals surface area (Å²) in [4.78, 5) is 24.6. The van der Waals surface area contributed by atoms with Crippen molar-refractivity contribution in [1.29, 1.82) is 0 Å². The van der Waals surface area contributed by atoms with Crippen LogP contribution in [0.1, 0.15) is 46.1 Å². The summed E-state index contributed by atoms with van der Waals surface area (Å²) in [7, 11) is -3.76. The molecule has 1 aromatic carbocycles. The van der Waals surface area contributed by atoms with E-state index >= 15 is 0 Å². The second-order valence-electron chi connectivity index (χ2n) is 5.97. The summed E-state index contributed by atoms with van der Waals surface area (Å²) in [5.74, 6) is -0.334. The van der Waals surface area contributed by atoms with Gasteiger partial charge in [-0.15, -0.1) is 0 Å². The van der Waals surface area contributed by atoms with E-state index < -0.39 is 21.8 Å². The minimum Gasteiger partial charge on any atom is -0.466 e. The third kappa shape index (κ3) is 4.54. The molecular formula is C18H22ClN3O5S. The van der Waals surface area contributed by atoms with Gasteiger partial charge in [-0.3, -0.25) is 20.4 Å². The molecule has 2 N–H and O–H groups in total. The highest BCUT2D eigenvalue weighted by Gasteiger charge is 2.24. The first-order valence-electron chi connectivity index (χ1n) is 8.59. The molecule has 10 heteroatoms. The second-order valence-corrected chi connectivity index (χ2v) is 8.31. The number of sulfonamides is 1. The number of aryl methyl sites for hydroxylation is 2. The van der Waals surface area contributed by atoms with E-state index in [9.17, 15) is 18.0 Å². The average Bonchev–Trinajstić information content (AvgIpc) is 2.98. The van der Waals surface area contributed by atoms with Crippen LogP contribution in [0.2, 0.25) is 5.02 Å². The SMILES string of the molecule is CCN(CC)S(=O)(=O)c1ccc(Cl)c(C(=O)NNC(=O)c2cc(C)oc2C)c1. The zero-order valence-electron chi connectivity index (χ0n) is 16.0. The molecule has 2 amide bonds. The minimum atomic E-state index is -3.76. The van der Waals surface area contributed by atoms with E-state index in [4.69, 9.17) is 16.0 Å². The lowest BCUT2D eigenvalue weighted by molar-refractivity contribution is 0.0845. The summed E-state index contributed by atoms with van der Waals surface area (Å²) in [5, 5.41) is 0.0561. The minimum absolute atomic E-state index is 0.0561. The molecule has 28 heavy (non-hydrogen) atoms. The molecule has 0 aliphatic rings. The number of hydrazine groups is 1. The number of benzene rings is 1. The Balaban J connectivity index is 2.21. The molecule has 2 aromatic rings. The lowest BCUT2D eigenvalue weighted by atomic mass is 10.2. The molecule has 0 bridgehead atoms. The summed E-state index contributed by atoms with van der Waals surface area (Å²) >= 11 is 6.05. The maximum absolute atomic E-state index is 12.6. The largest absolute Gasteiger partial charge is 0.466 e. The summed E-state index contributed by atoms with van der Waals surface area (Å²) in [6.07, 6.45) is 0. The molecule has 0 saturated carbocycles. The van der Waals surface area contributed by atoms with Gasteiger partial charge in [0.05, 0.1) is 21.0 Å². The molecule has 0 aliphatic carbocycles. The molecular weight excluding hydrogens is 406 g/mol. The van der Waals surface area contributed by atoms with Gasteiger partial charge in [0.1, 0.15) is 11.5 Å². The first kappa shape index (κ1) is 21.9. The molecule has 0 fully saturated rings. The standard InChI is InChI=1S/C18H22ClN3O5S/c1-5-22(6-2)28(25,26)13-7-8-16(19)15(10-13)18(24)21-20-17(23)14-9-11(3)27-12(14)4/h7-10H,5-6H2,1-4H3,(H,20,23)(H,21,24). The fourth-order valence-corrected chi connectivity index (χ4v) is 4.34. The Morgan fingerprint density at radius 3 is 2.11 bits per heavy atom. The fourth-order valence-electron chi connectivity index (χ4n) is 2.66. The Morgan fingerprint density at radius 2 is 1.61 bits per heavy atom. The van der Waals surface area contributed by atoms with E-state index in [1.54, 1.807) is 33.8 Å². The number of furan rings is 1. The molecule has 0 unspecified atom stereocenters. The summed E-state index contributed by atoms with van der Waals surface area (Å²) < 4.78 is 31.8. The maximum Gasteiger partial charge on any atom is 0.273 e. The molecule has 1 aromatic heterocycles. The first-order chi connectivity index (χ1) is 13.1. The number of nitrogens with zero attached hydrogens (tertiary/aromatic N) is 1. The van der Waals surface area contributed by atoms with Gasteiger partial charge < -0.3 is 4.42 Å². The van der Waals surface area contributed by atoms with Crippen LogP contribution in [-0.4, -0.2) is 37.6 Å². The Bertz CT molecular complexity index is 997. The molecule has 0 spiro atoms. The molecule has 152 valence electrons. The van der Waals surface area contributed by atoms with Crippen molar-refractivity contribution >= 4 is 33.4 Å². The van der Waals surface area contributed by atoms with E-state index in [1.807, 2.05) is 0 Å². The van der Waals surface area contributed by atoms with Crippen molar-refractivity contribution in [2.45, 2.75) is 32.6 Å². The first-order valence-corrected chi connectivity index (χ1v) is 10.4. The van der Waals surface area contributed by atoms with Crippen LogP contribution in [0.15, 0.2) is 33.6 Å². The van der Waals surface area contributed by atoms with Crippen LogP contribution in [-0.2, 0) is 10.0 Å². The monoisotopic (exact) mass is 427 g/mol. The topological polar surface area (TPSA) is 109 Å². The second kappa shape index (κ2) is 8.76. The van der Waals surface area contributed by atoms with Crippen LogP contribution in [0, 0.1) is 13.8 Å². The van der Waals surface area contributed by atoms with Crippen molar-refractivity contribution in [3.8, 4) is 0 Å². The Hall–Kier alpha value is -2.36. The lowest BCUT2D eigenvalue weighted by Crippen LogP contribution is -2.42. The normalized spacial score (nSPS) is 11.5. The smallest absolute Gasteiger partial charge is 0.273 e. The van der Waals surface area contributed by atoms with Gasteiger partial charge in [0.25, 0.3) is 11.8 Å². The number of halogens is 1. The number of carbonyl (C=O) groups excluding carboxylic acids is 2. The van der Waals surface area contributed by atoms with E-state index in [2.05, 4.69) is 10.9 Å². The van der Waals surface area contributed by atoms with Gasteiger partial charge in [0, 0.05) is 13.1 Å².